The Morgan fingerprint density at radius 1 is 1.33 bits per heavy atom. The summed E-state index contributed by atoms with van der Waals surface area (Å²) in [6.07, 6.45) is 1.50. The number of nitro groups is 1. The number of carbonyl (C=O) groups is 1. The van der Waals surface area contributed by atoms with E-state index >= 15 is 0 Å². The van der Waals surface area contributed by atoms with E-state index in [0.717, 1.165) is 26.7 Å². The van der Waals surface area contributed by atoms with Gasteiger partial charge in [-0.15, -0.1) is 21.5 Å². The highest BCUT2D eigenvalue weighted by Crippen LogP contribution is 2.36. The molecule has 0 radical (unpaired) electrons. The van der Waals surface area contributed by atoms with Gasteiger partial charge in [0.15, 0.2) is 5.16 Å². The predicted octanol–water partition coefficient (Wildman–Crippen LogP) is 5.10. The molecule has 4 aromatic rings. The number of hydrogen-bond acceptors (Lipinski definition) is 8. The number of carbonyl (C=O) groups excluding carboxylic acids is 1. The summed E-state index contributed by atoms with van der Waals surface area (Å²) in [5.74, 6) is -0.665. The molecule has 0 bridgehead atoms. The molecule has 0 fully saturated rings. The van der Waals surface area contributed by atoms with Gasteiger partial charge in [-0.1, -0.05) is 29.8 Å². The number of nitrogens with zero attached hydrogens (tertiary/aromatic N) is 4. The molecular formula is C19H13ClN4O4S2. The molecule has 0 spiro atoms. The van der Waals surface area contributed by atoms with Gasteiger partial charge in [-0.2, -0.15) is 0 Å². The van der Waals surface area contributed by atoms with Crippen LogP contribution in [0.25, 0.3) is 10.1 Å². The van der Waals surface area contributed by atoms with Gasteiger partial charge >= 0.3 is 5.97 Å². The van der Waals surface area contributed by atoms with Gasteiger partial charge in [-0.25, -0.2) is 4.79 Å². The van der Waals surface area contributed by atoms with Crippen LogP contribution in [0.1, 0.15) is 15.2 Å². The molecule has 152 valence electrons. The largest absolute Gasteiger partial charge is 0.456 e. The van der Waals surface area contributed by atoms with Crippen molar-refractivity contribution in [3.8, 4) is 0 Å². The lowest BCUT2D eigenvalue weighted by atomic mass is 10.2. The molecular weight excluding hydrogens is 448 g/mol. The van der Waals surface area contributed by atoms with E-state index in [-0.39, 0.29) is 17.9 Å². The molecule has 0 amide bonds. The molecule has 0 aliphatic rings. The first-order valence-corrected chi connectivity index (χ1v) is 10.6. The Balaban J connectivity index is 1.53. The van der Waals surface area contributed by atoms with Crippen LogP contribution in [0.4, 0.5) is 5.69 Å². The van der Waals surface area contributed by atoms with E-state index in [1.165, 1.54) is 35.9 Å². The van der Waals surface area contributed by atoms with Gasteiger partial charge in [-0.3, -0.25) is 10.1 Å². The van der Waals surface area contributed by atoms with Gasteiger partial charge < -0.3 is 9.30 Å². The number of nitro benzene ring substituents is 1. The Hall–Kier alpha value is -2.95. The first-order valence-electron chi connectivity index (χ1n) is 8.57. The zero-order chi connectivity index (χ0) is 21.3. The smallest absolute Gasteiger partial charge is 0.338 e. The molecule has 0 aliphatic heterocycles. The Labute approximate surface area is 183 Å². The van der Waals surface area contributed by atoms with Crippen molar-refractivity contribution in [2.45, 2.75) is 16.7 Å². The minimum absolute atomic E-state index is 0.0136. The van der Waals surface area contributed by atoms with E-state index in [1.54, 1.807) is 11.6 Å². The lowest BCUT2D eigenvalue weighted by molar-refractivity contribution is -0.387. The average Bonchev–Trinajstić information content (AvgIpc) is 3.29. The number of thiophene rings is 1. The monoisotopic (exact) mass is 460 g/mol. The lowest BCUT2D eigenvalue weighted by Crippen LogP contribution is -2.06. The number of aryl methyl sites for hydroxylation is 1. The summed E-state index contributed by atoms with van der Waals surface area (Å²) >= 11 is 8.90. The van der Waals surface area contributed by atoms with E-state index in [0.29, 0.717) is 15.1 Å². The van der Waals surface area contributed by atoms with Gasteiger partial charge in [0.1, 0.15) is 12.9 Å². The van der Waals surface area contributed by atoms with Gasteiger partial charge in [-0.05, 0) is 30.0 Å². The van der Waals surface area contributed by atoms with E-state index in [9.17, 15) is 14.9 Å². The maximum absolute atomic E-state index is 12.5. The minimum Gasteiger partial charge on any atom is -0.456 e. The van der Waals surface area contributed by atoms with Crippen molar-refractivity contribution in [2.24, 2.45) is 7.05 Å². The molecule has 0 aliphatic carbocycles. The molecule has 8 nitrogen and oxygen atoms in total. The molecule has 4 rings (SSSR count). The maximum Gasteiger partial charge on any atom is 0.338 e. The summed E-state index contributed by atoms with van der Waals surface area (Å²) in [6.45, 7) is -0.0136. The molecule has 2 aromatic heterocycles. The summed E-state index contributed by atoms with van der Waals surface area (Å²) in [7, 11) is 1.74. The number of rotatable bonds is 6. The Morgan fingerprint density at radius 3 is 2.83 bits per heavy atom. The van der Waals surface area contributed by atoms with Crippen molar-refractivity contribution < 1.29 is 14.5 Å². The number of esters is 1. The second kappa shape index (κ2) is 8.42. The highest BCUT2D eigenvalue weighted by atomic mass is 35.5. The molecule has 0 saturated heterocycles. The fourth-order valence-corrected chi connectivity index (χ4v) is 4.96. The van der Waals surface area contributed by atoms with Gasteiger partial charge in [0, 0.05) is 23.2 Å². The van der Waals surface area contributed by atoms with Gasteiger partial charge in [0.25, 0.3) is 5.69 Å². The standard InChI is InChI=1S/C19H13ClN4O4S2/c1-23-10-21-22-19(23)30-15-7-6-11(8-13(15)24(26)27)18(25)28-9-16-17(20)12-4-2-3-5-14(12)29-16/h2-8,10H,9H2,1H3. The van der Waals surface area contributed by atoms with Crippen molar-refractivity contribution in [2.75, 3.05) is 0 Å². The summed E-state index contributed by atoms with van der Waals surface area (Å²) in [5.41, 5.74) is -0.126. The normalized spacial score (nSPS) is 11.0. The third-order valence-corrected chi connectivity index (χ3v) is 7.00. The van der Waals surface area contributed by atoms with Gasteiger partial charge in [0.2, 0.25) is 0 Å². The van der Waals surface area contributed by atoms with Crippen LogP contribution in [0.15, 0.2) is 58.8 Å². The lowest BCUT2D eigenvalue weighted by Gasteiger charge is -2.06. The molecule has 0 saturated carbocycles. The second-order valence-corrected chi connectivity index (χ2v) is 8.70. The zero-order valence-corrected chi connectivity index (χ0v) is 17.8. The van der Waals surface area contributed by atoms with Crippen LogP contribution in [0.5, 0.6) is 0 Å². The number of hydrogen-bond donors (Lipinski definition) is 0. The van der Waals surface area contributed by atoms with Crippen LogP contribution < -0.4 is 0 Å². The molecule has 0 N–H and O–H groups in total. The molecule has 2 heterocycles. The predicted molar refractivity (Wildman–Crippen MR) is 114 cm³/mol. The summed E-state index contributed by atoms with van der Waals surface area (Å²) in [4.78, 5) is 24.5. The van der Waals surface area contributed by atoms with Crippen molar-refractivity contribution >= 4 is 56.4 Å². The Morgan fingerprint density at radius 2 is 2.13 bits per heavy atom. The van der Waals surface area contributed by atoms with E-state index < -0.39 is 10.9 Å². The first-order chi connectivity index (χ1) is 14.4. The number of fused-ring (bicyclic) bond motifs is 1. The summed E-state index contributed by atoms with van der Waals surface area (Å²) < 4.78 is 7.99. The van der Waals surface area contributed by atoms with Crippen molar-refractivity contribution in [3.05, 3.63) is 74.4 Å². The summed E-state index contributed by atoms with van der Waals surface area (Å²) in [6, 6.07) is 11.8. The van der Waals surface area contributed by atoms with Crippen LogP contribution in [0, 0.1) is 10.1 Å². The fraction of sp³-hybridized carbons (Fsp3) is 0.105. The molecule has 11 heteroatoms. The highest BCUT2D eigenvalue weighted by molar-refractivity contribution is 7.99. The Kier molecular flexibility index (Phi) is 5.71. The minimum atomic E-state index is -0.665. The first kappa shape index (κ1) is 20.3. The fourth-order valence-electron chi connectivity index (χ4n) is 2.71. The van der Waals surface area contributed by atoms with Crippen LogP contribution >= 0.6 is 34.7 Å². The second-order valence-electron chi connectivity index (χ2n) is 6.18. The topological polar surface area (TPSA) is 100 Å². The van der Waals surface area contributed by atoms with Crippen molar-refractivity contribution in [1.82, 2.24) is 14.8 Å². The van der Waals surface area contributed by atoms with Crippen LogP contribution in [0.3, 0.4) is 0 Å². The highest BCUT2D eigenvalue weighted by Gasteiger charge is 2.21. The third kappa shape index (κ3) is 4.02. The molecule has 2 aromatic carbocycles. The van der Waals surface area contributed by atoms with Crippen LogP contribution in [0.2, 0.25) is 5.02 Å². The number of halogens is 1. The Bertz CT molecular complexity index is 1270. The van der Waals surface area contributed by atoms with E-state index in [1.807, 2.05) is 24.3 Å². The molecule has 0 unspecified atom stereocenters. The SMILES string of the molecule is Cn1cnnc1Sc1ccc(C(=O)OCc2sc3ccccc3c2Cl)cc1[N+](=O)[O-]. The summed E-state index contributed by atoms with van der Waals surface area (Å²) in [5, 5.41) is 21.1. The zero-order valence-electron chi connectivity index (χ0n) is 15.4. The van der Waals surface area contributed by atoms with E-state index in [2.05, 4.69) is 10.2 Å². The van der Waals surface area contributed by atoms with Crippen molar-refractivity contribution in [1.29, 1.82) is 0 Å². The number of aromatic nitrogens is 3. The third-order valence-electron chi connectivity index (χ3n) is 4.20. The average molecular weight is 461 g/mol. The van der Waals surface area contributed by atoms with E-state index in [4.69, 9.17) is 16.3 Å². The quantitative estimate of drug-likeness (QED) is 0.224. The molecule has 0 atom stereocenters. The maximum atomic E-state index is 12.5. The number of benzene rings is 2. The van der Waals surface area contributed by atoms with Crippen LogP contribution in [-0.2, 0) is 18.4 Å². The molecule has 30 heavy (non-hydrogen) atoms. The van der Waals surface area contributed by atoms with Crippen LogP contribution in [-0.4, -0.2) is 25.7 Å². The van der Waals surface area contributed by atoms with Gasteiger partial charge in [0.05, 0.1) is 25.3 Å². The number of ether oxygens (including phenoxy) is 1. The van der Waals surface area contributed by atoms with Crippen molar-refractivity contribution in [3.63, 3.8) is 0 Å².